The zero-order valence-electron chi connectivity index (χ0n) is 12.0. The fourth-order valence-corrected chi connectivity index (χ4v) is 4.85. The molecule has 2 aliphatic rings. The van der Waals surface area contributed by atoms with Gasteiger partial charge >= 0.3 is 0 Å². The van der Waals surface area contributed by atoms with Crippen LogP contribution in [0.5, 0.6) is 0 Å². The summed E-state index contributed by atoms with van der Waals surface area (Å²) in [4.78, 5) is 2.69. The van der Waals surface area contributed by atoms with E-state index in [-0.39, 0.29) is 0 Å². The van der Waals surface area contributed by atoms with Gasteiger partial charge < -0.3 is 5.32 Å². The van der Waals surface area contributed by atoms with Crippen molar-refractivity contribution in [1.82, 2.24) is 10.2 Å². The first kappa shape index (κ1) is 14.5. The second kappa shape index (κ2) is 6.49. The molecule has 18 heavy (non-hydrogen) atoms. The van der Waals surface area contributed by atoms with Crippen molar-refractivity contribution in [2.24, 2.45) is 5.92 Å². The van der Waals surface area contributed by atoms with Crippen LogP contribution in [0.25, 0.3) is 0 Å². The highest BCUT2D eigenvalue weighted by atomic mass is 32.2. The minimum Gasteiger partial charge on any atom is -0.314 e. The Morgan fingerprint density at radius 1 is 1.22 bits per heavy atom. The molecule has 3 nitrogen and oxygen atoms in total. The van der Waals surface area contributed by atoms with Crippen molar-refractivity contribution in [3.05, 3.63) is 0 Å². The van der Waals surface area contributed by atoms with Gasteiger partial charge in [0.15, 0.2) is 0 Å². The van der Waals surface area contributed by atoms with Gasteiger partial charge in [-0.05, 0) is 38.6 Å². The van der Waals surface area contributed by atoms with Crippen molar-refractivity contribution in [1.29, 1.82) is 0 Å². The average Bonchev–Trinajstić information content (AvgIpc) is 2.37. The number of nitrogens with one attached hydrogen (secondary N) is 1. The number of nitrogens with zero attached hydrogens (tertiary/aromatic N) is 1. The Morgan fingerprint density at radius 3 is 2.50 bits per heavy atom. The maximum absolute atomic E-state index is 11.5. The summed E-state index contributed by atoms with van der Waals surface area (Å²) in [7, 11) is -0.534. The predicted molar refractivity (Wildman–Crippen MR) is 78.3 cm³/mol. The molecule has 1 N–H and O–H groups in total. The molecule has 2 rings (SSSR count). The summed E-state index contributed by atoms with van der Waals surface area (Å²) in [6.45, 7) is 9.23. The highest BCUT2D eigenvalue weighted by Gasteiger charge is 2.36. The van der Waals surface area contributed by atoms with Crippen LogP contribution in [0.4, 0.5) is 0 Å². The van der Waals surface area contributed by atoms with Gasteiger partial charge in [-0.2, -0.15) is 0 Å². The van der Waals surface area contributed by atoms with Gasteiger partial charge in [0.05, 0.1) is 0 Å². The highest BCUT2D eigenvalue weighted by molar-refractivity contribution is 7.85. The van der Waals surface area contributed by atoms with Crippen molar-refractivity contribution in [3.8, 4) is 0 Å². The second-order valence-electron chi connectivity index (χ2n) is 5.87. The van der Waals surface area contributed by atoms with Crippen molar-refractivity contribution in [2.45, 2.75) is 58.2 Å². The lowest BCUT2D eigenvalue weighted by molar-refractivity contribution is 0.0434. The van der Waals surface area contributed by atoms with E-state index in [0.717, 1.165) is 30.9 Å². The minimum absolute atomic E-state index is 0.534. The molecule has 0 aromatic rings. The van der Waals surface area contributed by atoms with Crippen LogP contribution in [0.15, 0.2) is 0 Å². The molecule has 3 unspecified atom stereocenters. The van der Waals surface area contributed by atoms with E-state index in [2.05, 4.69) is 31.0 Å². The topological polar surface area (TPSA) is 32.3 Å². The molecule has 0 aliphatic carbocycles. The quantitative estimate of drug-likeness (QED) is 0.847. The third-order valence-corrected chi connectivity index (χ3v) is 6.29. The summed E-state index contributed by atoms with van der Waals surface area (Å²) in [6.07, 6.45) is 3.53. The largest absolute Gasteiger partial charge is 0.314 e. The first-order chi connectivity index (χ1) is 8.63. The molecule has 2 aliphatic heterocycles. The van der Waals surface area contributed by atoms with Crippen molar-refractivity contribution >= 4 is 10.8 Å². The molecule has 2 saturated heterocycles. The third-order valence-electron chi connectivity index (χ3n) is 4.91. The Balaban J connectivity index is 1.93. The van der Waals surface area contributed by atoms with Crippen LogP contribution in [0, 0.1) is 5.92 Å². The molecule has 0 radical (unpaired) electrons. The van der Waals surface area contributed by atoms with Gasteiger partial charge in [-0.1, -0.05) is 13.8 Å². The summed E-state index contributed by atoms with van der Waals surface area (Å²) in [5, 5.41) is 3.62. The van der Waals surface area contributed by atoms with Crippen LogP contribution in [0.3, 0.4) is 0 Å². The monoisotopic (exact) mass is 272 g/mol. The van der Waals surface area contributed by atoms with E-state index in [4.69, 9.17) is 0 Å². The van der Waals surface area contributed by atoms with Crippen molar-refractivity contribution in [3.63, 3.8) is 0 Å². The van der Waals surface area contributed by atoms with Crippen molar-refractivity contribution < 1.29 is 4.21 Å². The first-order valence-corrected chi connectivity index (χ1v) is 8.96. The van der Waals surface area contributed by atoms with Crippen molar-refractivity contribution in [2.75, 3.05) is 24.6 Å². The molecular formula is C14H28N2OS. The Bertz CT molecular complexity index is 288. The summed E-state index contributed by atoms with van der Waals surface area (Å²) >= 11 is 0. The van der Waals surface area contributed by atoms with Gasteiger partial charge in [0.1, 0.15) is 0 Å². The first-order valence-electron chi connectivity index (χ1n) is 7.47. The molecule has 3 atom stereocenters. The summed E-state index contributed by atoms with van der Waals surface area (Å²) in [5.74, 6) is 2.55. The van der Waals surface area contributed by atoms with Crippen LogP contribution in [0.2, 0.25) is 0 Å². The van der Waals surface area contributed by atoms with Crippen LogP contribution >= 0.6 is 0 Å². The fraction of sp³-hybridized carbons (Fsp3) is 1.00. The van der Waals surface area contributed by atoms with Gasteiger partial charge in [-0.15, -0.1) is 0 Å². The van der Waals surface area contributed by atoms with E-state index in [1.807, 2.05) is 0 Å². The average molecular weight is 272 g/mol. The lowest BCUT2D eigenvalue weighted by atomic mass is 9.85. The molecule has 4 heteroatoms. The lowest BCUT2D eigenvalue weighted by Gasteiger charge is -2.47. The fourth-order valence-electron chi connectivity index (χ4n) is 3.57. The molecule has 2 fully saturated rings. The maximum atomic E-state index is 11.5. The smallest absolute Gasteiger partial charge is 0.0249 e. The molecule has 0 aromatic heterocycles. The number of piperidine rings is 1. The minimum atomic E-state index is -0.534. The normalized spacial score (nSPS) is 42.9. The van der Waals surface area contributed by atoms with E-state index < -0.39 is 10.8 Å². The summed E-state index contributed by atoms with van der Waals surface area (Å²) < 4.78 is 11.5. The second-order valence-corrected chi connectivity index (χ2v) is 7.57. The van der Waals surface area contributed by atoms with Crippen LogP contribution in [-0.2, 0) is 10.8 Å². The van der Waals surface area contributed by atoms with Gasteiger partial charge in [0.2, 0.25) is 0 Å². The Morgan fingerprint density at radius 2 is 1.89 bits per heavy atom. The SMILES string of the molecule is CCNC1CCN(C2CCS(=O)CC2)C(C)C1C. The molecule has 2 heterocycles. The molecule has 106 valence electrons. The molecule has 0 amide bonds. The van der Waals surface area contributed by atoms with Crippen LogP contribution in [0.1, 0.15) is 40.0 Å². The summed E-state index contributed by atoms with van der Waals surface area (Å²) in [5.41, 5.74) is 0. The number of rotatable bonds is 3. The standard InChI is InChI=1S/C14H28N2OS/c1-4-15-14-5-8-16(12(3)11(14)2)13-6-9-18(17)10-7-13/h11-15H,4-10H2,1-3H3. The Kier molecular flexibility index (Phi) is 5.22. The lowest BCUT2D eigenvalue weighted by Crippen LogP contribution is -2.57. The molecule has 0 spiro atoms. The third kappa shape index (κ3) is 3.14. The van der Waals surface area contributed by atoms with Gasteiger partial charge in [0.25, 0.3) is 0 Å². The predicted octanol–water partition coefficient (Wildman–Crippen LogP) is 1.61. The van der Waals surface area contributed by atoms with Gasteiger partial charge in [-0.25, -0.2) is 0 Å². The van der Waals surface area contributed by atoms with Gasteiger partial charge in [-0.3, -0.25) is 9.11 Å². The zero-order valence-corrected chi connectivity index (χ0v) is 12.8. The number of likely N-dealkylation sites (tertiary alicyclic amines) is 1. The molecule has 0 bridgehead atoms. The van der Waals surface area contributed by atoms with E-state index in [0.29, 0.717) is 24.0 Å². The number of hydrogen-bond acceptors (Lipinski definition) is 3. The number of hydrogen-bond donors (Lipinski definition) is 1. The summed E-state index contributed by atoms with van der Waals surface area (Å²) in [6, 6.07) is 2.01. The molecule has 0 aromatic carbocycles. The molecular weight excluding hydrogens is 244 g/mol. The maximum Gasteiger partial charge on any atom is 0.0249 e. The van der Waals surface area contributed by atoms with Crippen LogP contribution in [-0.4, -0.2) is 51.8 Å². The van der Waals surface area contributed by atoms with E-state index in [9.17, 15) is 4.21 Å². The van der Waals surface area contributed by atoms with E-state index in [1.54, 1.807) is 0 Å². The van der Waals surface area contributed by atoms with E-state index >= 15 is 0 Å². The Hall–Kier alpha value is 0.0700. The highest BCUT2D eigenvalue weighted by Crippen LogP contribution is 2.28. The van der Waals surface area contributed by atoms with Crippen LogP contribution < -0.4 is 5.32 Å². The van der Waals surface area contributed by atoms with E-state index in [1.165, 1.54) is 13.0 Å². The zero-order chi connectivity index (χ0) is 13.1. The molecule has 0 saturated carbocycles. The Labute approximate surface area is 114 Å². The van der Waals surface area contributed by atoms with Gasteiger partial charge in [0, 0.05) is 47.0 Å².